The summed E-state index contributed by atoms with van der Waals surface area (Å²) in [5.74, 6) is 0.655. The van der Waals surface area contributed by atoms with Crippen LogP contribution in [0.4, 0.5) is 16.0 Å². The van der Waals surface area contributed by atoms with Crippen LogP contribution in [0.1, 0.15) is 15.9 Å². The number of benzene rings is 3. The summed E-state index contributed by atoms with van der Waals surface area (Å²) in [6.45, 7) is 0.391. The first-order valence-electron chi connectivity index (χ1n) is 9.97. The summed E-state index contributed by atoms with van der Waals surface area (Å²) >= 11 is 0. The summed E-state index contributed by atoms with van der Waals surface area (Å²) in [5, 5.41) is 6.00. The smallest absolute Gasteiger partial charge is 0.251 e. The van der Waals surface area contributed by atoms with Gasteiger partial charge >= 0.3 is 0 Å². The normalized spacial score (nSPS) is 10.4. The van der Waals surface area contributed by atoms with E-state index < -0.39 is 0 Å². The molecule has 1 aromatic heterocycles. The minimum atomic E-state index is -0.291. The SMILES string of the molecule is COc1cccc(CNC(=O)c2cccc(Nc3ncc(-c4ccc(F)cc4)cn3)c2)c1. The number of hydrogen-bond donors (Lipinski definition) is 2. The molecule has 6 nitrogen and oxygen atoms in total. The summed E-state index contributed by atoms with van der Waals surface area (Å²) in [6.07, 6.45) is 3.32. The van der Waals surface area contributed by atoms with Crippen molar-refractivity contribution in [2.24, 2.45) is 0 Å². The highest BCUT2D eigenvalue weighted by Gasteiger charge is 2.08. The van der Waals surface area contributed by atoms with E-state index in [4.69, 9.17) is 4.74 Å². The molecule has 0 aliphatic carbocycles. The molecule has 2 N–H and O–H groups in total. The van der Waals surface area contributed by atoms with E-state index in [-0.39, 0.29) is 11.7 Å². The lowest BCUT2D eigenvalue weighted by Gasteiger charge is -2.09. The molecule has 0 bridgehead atoms. The van der Waals surface area contributed by atoms with Gasteiger partial charge in [0.05, 0.1) is 7.11 Å². The van der Waals surface area contributed by atoms with Crippen molar-refractivity contribution in [1.29, 1.82) is 0 Å². The lowest BCUT2D eigenvalue weighted by molar-refractivity contribution is 0.0951. The van der Waals surface area contributed by atoms with Crippen LogP contribution in [0.3, 0.4) is 0 Å². The zero-order chi connectivity index (χ0) is 22.3. The van der Waals surface area contributed by atoms with Gasteiger partial charge in [0.1, 0.15) is 11.6 Å². The van der Waals surface area contributed by atoms with Gasteiger partial charge in [0.2, 0.25) is 5.95 Å². The standard InChI is InChI=1S/C25H21FN4O2/c1-32-23-7-2-4-17(12-23)14-27-24(31)19-5-3-6-22(13-19)30-25-28-15-20(16-29-25)18-8-10-21(26)11-9-18/h2-13,15-16H,14H2,1H3,(H,27,31)(H,28,29,30). The van der Waals surface area contributed by atoms with Gasteiger partial charge in [-0.1, -0.05) is 30.3 Å². The predicted molar refractivity (Wildman–Crippen MR) is 121 cm³/mol. The number of amides is 1. The Morgan fingerprint density at radius 1 is 0.938 bits per heavy atom. The largest absolute Gasteiger partial charge is 0.497 e. The Morgan fingerprint density at radius 3 is 2.44 bits per heavy atom. The van der Waals surface area contributed by atoms with E-state index >= 15 is 0 Å². The minimum Gasteiger partial charge on any atom is -0.497 e. The maximum absolute atomic E-state index is 13.1. The van der Waals surface area contributed by atoms with E-state index in [1.165, 1.54) is 12.1 Å². The van der Waals surface area contributed by atoms with Crippen LogP contribution in [0.15, 0.2) is 85.2 Å². The first-order chi connectivity index (χ1) is 15.6. The Bertz CT molecular complexity index is 1210. The number of rotatable bonds is 7. The van der Waals surface area contributed by atoms with E-state index in [0.717, 1.165) is 22.4 Å². The average molecular weight is 428 g/mol. The second kappa shape index (κ2) is 9.70. The van der Waals surface area contributed by atoms with Gasteiger partial charge in [0, 0.05) is 35.8 Å². The van der Waals surface area contributed by atoms with Crippen LogP contribution in [0.2, 0.25) is 0 Å². The molecule has 4 aromatic rings. The van der Waals surface area contributed by atoms with E-state index in [1.807, 2.05) is 30.3 Å². The van der Waals surface area contributed by atoms with E-state index in [9.17, 15) is 9.18 Å². The highest BCUT2D eigenvalue weighted by atomic mass is 19.1. The topological polar surface area (TPSA) is 76.1 Å². The van der Waals surface area contributed by atoms with Crippen molar-refractivity contribution >= 4 is 17.5 Å². The van der Waals surface area contributed by atoms with Crippen molar-refractivity contribution in [3.8, 4) is 16.9 Å². The van der Waals surface area contributed by atoms with E-state index in [2.05, 4.69) is 20.6 Å². The second-order valence-electron chi connectivity index (χ2n) is 7.04. The molecule has 0 aliphatic rings. The molecule has 4 rings (SSSR count). The first kappa shape index (κ1) is 21.0. The molecule has 0 atom stereocenters. The molecule has 1 heterocycles. The number of aromatic nitrogens is 2. The van der Waals surface area contributed by atoms with Gasteiger partial charge in [-0.05, 0) is 53.6 Å². The molecule has 0 fully saturated rings. The molecular formula is C25H21FN4O2. The van der Waals surface area contributed by atoms with Gasteiger partial charge in [0.15, 0.2) is 0 Å². The fraction of sp³-hybridized carbons (Fsp3) is 0.0800. The molecule has 0 unspecified atom stereocenters. The Kier molecular flexibility index (Phi) is 6.36. The molecule has 0 spiro atoms. The summed E-state index contributed by atoms with van der Waals surface area (Å²) in [4.78, 5) is 21.2. The fourth-order valence-corrected chi connectivity index (χ4v) is 3.12. The molecule has 1 amide bonds. The Hall–Kier alpha value is -4.26. The third kappa shape index (κ3) is 5.26. The Labute approximate surface area is 185 Å². The monoisotopic (exact) mass is 428 g/mol. The quantitative estimate of drug-likeness (QED) is 0.435. The molecule has 3 aromatic carbocycles. The number of ether oxygens (including phenoxy) is 1. The Balaban J connectivity index is 1.40. The van der Waals surface area contributed by atoms with Gasteiger partial charge in [-0.15, -0.1) is 0 Å². The van der Waals surface area contributed by atoms with Gasteiger partial charge in [-0.25, -0.2) is 14.4 Å². The number of nitrogens with zero attached hydrogens (tertiary/aromatic N) is 2. The molecule has 0 aliphatic heterocycles. The molecule has 32 heavy (non-hydrogen) atoms. The number of methoxy groups -OCH3 is 1. The van der Waals surface area contributed by atoms with Crippen LogP contribution in [-0.2, 0) is 6.54 Å². The summed E-state index contributed by atoms with van der Waals surface area (Å²) in [7, 11) is 1.61. The van der Waals surface area contributed by atoms with Crippen LogP contribution in [0.25, 0.3) is 11.1 Å². The highest BCUT2D eigenvalue weighted by Crippen LogP contribution is 2.20. The number of nitrogens with one attached hydrogen (secondary N) is 2. The molecule has 0 saturated carbocycles. The molecule has 160 valence electrons. The van der Waals surface area contributed by atoms with E-state index in [0.29, 0.717) is 23.7 Å². The van der Waals surface area contributed by atoms with Crippen molar-refractivity contribution < 1.29 is 13.9 Å². The van der Waals surface area contributed by atoms with Crippen molar-refractivity contribution in [2.75, 3.05) is 12.4 Å². The molecule has 7 heteroatoms. The van der Waals surface area contributed by atoms with Crippen molar-refractivity contribution in [3.05, 3.63) is 102 Å². The first-order valence-corrected chi connectivity index (χ1v) is 9.97. The van der Waals surface area contributed by atoms with Crippen LogP contribution >= 0.6 is 0 Å². The van der Waals surface area contributed by atoms with Crippen molar-refractivity contribution in [3.63, 3.8) is 0 Å². The number of halogens is 1. The second-order valence-corrected chi connectivity index (χ2v) is 7.04. The number of hydrogen-bond acceptors (Lipinski definition) is 5. The summed E-state index contributed by atoms with van der Waals surface area (Å²) in [5.41, 5.74) is 3.75. The third-order valence-electron chi connectivity index (χ3n) is 4.80. The predicted octanol–water partition coefficient (Wildman–Crippen LogP) is 4.96. The fourth-order valence-electron chi connectivity index (χ4n) is 3.12. The number of anilines is 2. The summed E-state index contributed by atoms with van der Waals surface area (Å²) < 4.78 is 18.3. The van der Waals surface area contributed by atoms with Crippen LogP contribution in [0.5, 0.6) is 5.75 Å². The van der Waals surface area contributed by atoms with Crippen molar-refractivity contribution in [2.45, 2.75) is 6.54 Å². The van der Waals surface area contributed by atoms with Crippen LogP contribution < -0.4 is 15.4 Å². The van der Waals surface area contributed by atoms with Gasteiger partial charge in [0.25, 0.3) is 5.91 Å². The summed E-state index contributed by atoms with van der Waals surface area (Å²) in [6, 6.07) is 20.8. The number of carbonyl (C=O) groups excluding carboxylic acids is 1. The highest BCUT2D eigenvalue weighted by molar-refractivity contribution is 5.95. The van der Waals surface area contributed by atoms with Gasteiger partial charge < -0.3 is 15.4 Å². The van der Waals surface area contributed by atoms with Gasteiger partial charge in [-0.2, -0.15) is 0 Å². The zero-order valence-corrected chi connectivity index (χ0v) is 17.4. The van der Waals surface area contributed by atoms with Gasteiger partial charge in [-0.3, -0.25) is 4.79 Å². The lowest BCUT2D eigenvalue weighted by atomic mass is 10.1. The number of carbonyl (C=O) groups is 1. The zero-order valence-electron chi connectivity index (χ0n) is 17.4. The van der Waals surface area contributed by atoms with Crippen LogP contribution in [0, 0.1) is 5.82 Å². The lowest BCUT2D eigenvalue weighted by Crippen LogP contribution is -2.22. The Morgan fingerprint density at radius 2 is 1.69 bits per heavy atom. The maximum Gasteiger partial charge on any atom is 0.251 e. The third-order valence-corrected chi connectivity index (χ3v) is 4.80. The van der Waals surface area contributed by atoms with Crippen molar-refractivity contribution in [1.82, 2.24) is 15.3 Å². The maximum atomic E-state index is 13.1. The minimum absolute atomic E-state index is 0.191. The molecular weight excluding hydrogens is 407 g/mol. The van der Waals surface area contributed by atoms with E-state index in [1.54, 1.807) is 49.8 Å². The average Bonchev–Trinajstić information content (AvgIpc) is 2.84. The van der Waals surface area contributed by atoms with Crippen LogP contribution in [-0.4, -0.2) is 23.0 Å². The molecule has 0 radical (unpaired) electrons. The molecule has 0 saturated heterocycles.